The first-order valence-electron chi connectivity index (χ1n) is 6.41. The summed E-state index contributed by atoms with van der Waals surface area (Å²) < 4.78 is 37.1. The van der Waals surface area contributed by atoms with E-state index in [0.29, 0.717) is 5.06 Å². The molecule has 0 aromatic carbocycles. The van der Waals surface area contributed by atoms with E-state index >= 15 is 0 Å². The van der Waals surface area contributed by atoms with Crippen molar-refractivity contribution in [1.82, 2.24) is 4.31 Å². The Morgan fingerprint density at radius 2 is 2.29 bits per heavy atom. The van der Waals surface area contributed by atoms with Crippen LogP contribution in [0.4, 0.5) is 0 Å². The third-order valence-electron chi connectivity index (χ3n) is 4.00. The second-order valence-corrected chi connectivity index (χ2v) is 7.86. The van der Waals surface area contributed by atoms with E-state index in [2.05, 4.69) is 0 Å². The zero-order chi connectivity index (χ0) is 15.2. The van der Waals surface area contributed by atoms with Gasteiger partial charge in [-0.15, -0.1) is 11.3 Å². The van der Waals surface area contributed by atoms with Crippen LogP contribution in [0.2, 0.25) is 0 Å². The second-order valence-electron chi connectivity index (χ2n) is 5.08. The van der Waals surface area contributed by atoms with E-state index in [1.807, 2.05) is 0 Å². The average Bonchev–Trinajstić information content (AvgIpc) is 3.12. The van der Waals surface area contributed by atoms with Crippen molar-refractivity contribution in [3.63, 3.8) is 0 Å². The zero-order valence-corrected chi connectivity index (χ0v) is 12.9. The third kappa shape index (κ3) is 2.33. The lowest BCUT2D eigenvalue weighted by molar-refractivity contribution is -0.142. The molecule has 0 bridgehead atoms. The average molecular weight is 333 g/mol. The molecule has 0 unspecified atom stereocenters. The smallest absolute Gasteiger partial charge is 0.309 e. The normalized spacial score (nSPS) is 29.5. The van der Waals surface area contributed by atoms with Gasteiger partial charge in [0.25, 0.3) is 0 Å². The number of hydrogen-bond acceptors (Lipinski definition) is 6. The van der Waals surface area contributed by atoms with Crippen LogP contribution in [0.1, 0.15) is 0 Å². The lowest BCUT2D eigenvalue weighted by Crippen LogP contribution is -2.32. The number of thiophene rings is 1. The van der Waals surface area contributed by atoms with E-state index in [1.54, 1.807) is 5.38 Å². The van der Waals surface area contributed by atoms with Crippen LogP contribution in [0.5, 0.6) is 5.06 Å². The second kappa shape index (κ2) is 5.24. The highest BCUT2D eigenvalue weighted by molar-refractivity contribution is 7.89. The fourth-order valence-electron chi connectivity index (χ4n) is 2.89. The number of sulfonamides is 1. The van der Waals surface area contributed by atoms with Gasteiger partial charge < -0.3 is 14.6 Å². The molecule has 2 fully saturated rings. The van der Waals surface area contributed by atoms with E-state index in [0.717, 1.165) is 0 Å². The van der Waals surface area contributed by atoms with Crippen molar-refractivity contribution >= 4 is 27.3 Å². The van der Waals surface area contributed by atoms with Crippen molar-refractivity contribution in [3.8, 4) is 5.06 Å². The number of hydrogen-bond donors (Lipinski definition) is 1. The first-order chi connectivity index (χ1) is 9.95. The summed E-state index contributed by atoms with van der Waals surface area (Å²) in [6.07, 6.45) is -0.342. The Morgan fingerprint density at radius 1 is 1.52 bits per heavy atom. The molecule has 0 radical (unpaired) electrons. The lowest BCUT2D eigenvalue weighted by Gasteiger charge is -2.18. The van der Waals surface area contributed by atoms with Crippen molar-refractivity contribution in [2.24, 2.45) is 11.8 Å². The van der Waals surface area contributed by atoms with Gasteiger partial charge in [0.15, 0.2) is 5.06 Å². The van der Waals surface area contributed by atoms with Crippen molar-refractivity contribution in [1.29, 1.82) is 0 Å². The summed E-state index contributed by atoms with van der Waals surface area (Å²) in [5.41, 5.74) is 0. The van der Waals surface area contributed by atoms with Gasteiger partial charge >= 0.3 is 5.97 Å². The number of nitrogens with zero attached hydrogens (tertiary/aromatic N) is 1. The molecule has 0 spiro atoms. The van der Waals surface area contributed by atoms with Gasteiger partial charge in [-0.1, -0.05) is 0 Å². The fraction of sp³-hybridized carbons (Fsp3) is 0.583. The molecular weight excluding hydrogens is 318 g/mol. The van der Waals surface area contributed by atoms with Crippen LogP contribution < -0.4 is 4.74 Å². The summed E-state index contributed by atoms with van der Waals surface area (Å²) in [5.74, 6) is -1.86. The van der Waals surface area contributed by atoms with Gasteiger partial charge in [0, 0.05) is 19.0 Å². The predicted molar refractivity (Wildman–Crippen MR) is 74.0 cm³/mol. The summed E-state index contributed by atoms with van der Waals surface area (Å²) in [7, 11) is -2.26. The highest BCUT2D eigenvalue weighted by Gasteiger charge is 2.50. The van der Waals surface area contributed by atoms with Crippen molar-refractivity contribution in [2.45, 2.75) is 11.0 Å². The van der Waals surface area contributed by atoms with Gasteiger partial charge in [-0.05, 0) is 11.4 Å². The van der Waals surface area contributed by atoms with Crippen LogP contribution in [-0.4, -0.2) is 56.7 Å². The molecule has 1 aromatic rings. The van der Waals surface area contributed by atoms with Gasteiger partial charge in [-0.25, -0.2) is 8.42 Å². The number of aliphatic carboxylic acids is 1. The largest absolute Gasteiger partial charge is 0.486 e. The molecule has 7 nitrogen and oxygen atoms in total. The molecule has 21 heavy (non-hydrogen) atoms. The standard InChI is InChI=1S/C12H15NO6S2/c1-18-12-10(2-3-20-12)21(16,17)13-4-7-8(11(14)15)6-19-9(7)5-13/h2-3,7-9H,4-6H2,1H3,(H,14,15)/t7-,8-,9-/m0/s1. The Morgan fingerprint density at radius 3 is 2.95 bits per heavy atom. The number of methoxy groups -OCH3 is 1. The van der Waals surface area contributed by atoms with Crippen molar-refractivity contribution < 1.29 is 27.8 Å². The highest BCUT2D eigenvalue weighted by Crippen LogP contribution is 2.39. The Balaban J connectivity index is 1.85. The maximum absolute atomic E-state index is 12.6. The molecule has 116 valence electrons. The summed E-state index contributed by atoms with van der Waals surface area (Å²) in [6.45, 7) is 0.513. The number of ether oxygens (including phenoxy) is 2. The van der Waals surface area contributed by atoms with Gasteiger partial charge in [-0.2, -0.15) is 4.31 Å². The van der Waals surface area contributed by atoms with E-state index in [4.69, 9.17) is 14.6 Å². The number of carboxylic acid groups (broad SMARTS) is 1. The summed E-state index contributed by atoms with van der Waals surface area (Å²) in [6, 6.07) is 1.50. The SMILES string of the molecule is COc1sccc1S(=O)(=O)N1C[C@@H]2[C@H](C1)OC[C@@H]2C(=O)O. The zero-order valence-electron chi connectivity index (χ0n) is 11.3. The Hall–Kier alpha value is -1.16. The minimum atomic E-state index is -3.68. The monoisotopic (exact) mass is 333 g/mol. The first kappa shape index (κ1) is 14.8. The van der Waals surface area contributed by atoms with Crippen LogP contribution in [-0.2, 0) is 19.6 Å². The third-order valence-corrected chi connectivity index (χ3v) is 6.86. The first-order valence-corrected chi connectivity index (χ1v) is 8.73. The van der Waals surface area contributed by atoms with Gasteiger partial charge in [-0.3, -0.25) is 4.79 Å². The molecule has 0 amide bonds. The fourth-order valence-corrected chi connectivity index (χ4v) is 5.57. The highest BCUT2D eigenvalue weighted by atomic mass is 32.2. The molecule has 2 saturated heterocycles. The molecule has 0 aliphatic carbocycles. The van der Waals surface area contributed by atoms with Crippen LogP contribution in [0.15, 0.2) is 16.3 Å². The van der Waals surface area contributed by atoms with Crippen LogP contribution >= 0.6 is 11.3 Å². The van der Waals surface area contributed by atoms with E-state index in [9.17, 15) is 13.2 Å². The molecular formula is C12H15NO6S2. The summed E-state index contributed by atoms with van der Waals surface area (Å²) in [5, 5.41) is 11.1. The predicted octanol–water partition coefficient (Wildman–Crippen LogP) is 0.477. The quantitative estimate of drug-likeness (QED) is 0.861. The summed E-state index contributed by atoms with van der Waals surface area (Å²) >= 11 is 1.21. The maximum Gasteiger partial charge on any atom is 0.309 e. The van der Waals surface area contributed by atoms with Crippen LogP contribution in [0.25, 0.3) is 0 Å². The van der Waals surface area contributed by atoms with Crippen LogP contribution in [0.3, 0.4) is 0 Å². The number of carboxylic acids is 1. The molecule has 2 aliphatic heterocycles. The van der Waals surface area contributed by atoms with E-state index in [-0.39, 0.29) is 36.6 Å². The molecule has 3 rings (SSSR count). The molecule has 0 saturated carbocycles. The molecule has 2 aliphatic rings. The Labute approximate surface area is 126 Å². The summed E-state index contributed by atoms with van der Waals surface area (Å²) in [4.78, 5) is 11.3. The van der Waals surface area contributed by atoms with Crippen molar-refractivity contribution in [2.75, 3.05) is 26.8 Å². The topological polar surface area (TPSA) is 93.1 Å². The molecule has 1 aromatic heterocycles. The molecule has 3 atom stereocenters. The minimum absolute atomic E-state index is 0.127. The molecule has 9 heteroatoms. The Bertz CT molecular complexity index is 654. The van der Waals surface area contributed by atoms with Crippen LogP contribution in [0, 0.1) is 11.8 Å². The van der Waals surface area contributed by atoms with Gasteiger partial charge in [0.05, 0.1) is 25.7 Å². The minimum Gasteiger partial charge on any atom is -0.486 e. The van der Waals surface area contributed by atoms with Crippen molar-refractivity contribution in [3.05, 3.63) is 11.4 Å². The maximum atomic E-state index is 12.6. The van der Waals surface area contributed by atoms with E-state index < -0.39 is 21.9 Å². The van der Waals surface area contributed by atoms with E-state index in [1.165, 1.54) is 28.8 Å². The molecule has 3 heterocycles. The Kier molecular flexibility index (Phi) is 3.68. The van der Waals surface area contributed by atoms with Gasteiger partial charge in [0.1, 0.15) is 4.90 Å². The van der Waals surface area contributed by atoms with Gasteiger partial charge in [0.2, 0.25) is 10.0 Å². The number of rotatable bonds is 4. The lowest BCUT2D eigenvalue weighted by atomic mass is 9.94. The number of carbonyl (C=O) groups is 1. The molecule has 1 N–H and O–H groups in total. The number of fused-ring (bicyclic) bond motifs is 1.